The van der Waals surface area contributed by atoms with Crippen molar-refractivity contribution in [3.63, 3.8) is 0 Å². The van der Waals surface area contributed by atoms with Crippen molar-refractivity contribution in [2.45, 2.75) is 26.8 Å². The first-order valence-electron chi connectivity index (χ1n) is 10.2. The highest BCUT2D eigenvalue weighted by Gasteiger charge is 2.24. The van der Waals surface area contributed by atoms with Crippen LogP contribution in [-0.4, -0.2) is 107 Å². The van der Waals surface area contributed by atoms with Crippen molar-refractivity contribution in [3.8, 4) is 0 Å². The molecule has 158 valence electrons. The van der Waals surface area contributed by atoms with Crippen LogP contribution in [0.4, 0.5) is 0 Å². The highest BCUT2D eigenvalue weighted by molar-refractivity contribution is 7.91. The van der Waals surface area contributed by atoms with Crippen LogP contribution in [0, 0.1) is 5.92 Å². The van der Waals surface area contributed by atoms with E-state index in [1.54, 1.807) is 0 Å². The van der Waals surface area contributed by atoms with E-state index in [1.165, 1.54) is 0 Å². The third-order valence-corrected chi connectivity index (χ3v) is 6.83. The van der Waals surface area contributed by atoms with Gasteiger partial charge < -0.3 is 15.4 Å². The fraction of sp³-hybridized carbons (Fsp3) is 0.944. The van der Waals surface area contributed by atoms with E-state index in [9.17, 15) is 8.42 Å². The van der Waals surface area contributed by atoms with Crippen LogP contribution >= 0.6 is 0 Å². The molecule has 27 heavy (non-hydrogen) atoms. The Labute approximate surface area is 164 Å². The Balaban J connectivity index is 1.81. The number of sulfone groups is 1. The molecule has 0 aromatic carbocycles. The van der Waals surface area contributed by atoms with Gasteiger partial charge in [-0.25, -0.2) is 8.42 Å². The predicted octanol–water partition coefficient (Wildman–Crippen LogP) is -0.371. The second kappa shape index (κ2) is 11.2. The largest absolute Gasteiger partial charge is 0.379 e. The maximum atomic E-state index is 11.5. The predicted molar refractivity (Wildman–Crippen MR) is 110 cm³/mol. The van der Waals surface area contributed by atoms with E-state index in [2.05, 4.69) is 41.2 Å². The Morgan fingerprint density at radius 1 is 1.11 bits per heavy atom. The molecule has 9 heteroatoms. The van der Waals surface area contributed by atoms with Crippen LogP contribution in [-0.2, 0) is 14.6 Å². The van der Waals surface area contributed by atoms with Crippen LogP contribution in [0.25, 0.3) is 0 Å². The average Bonchev–Trinajstić information content (AvgIpc) is 2.64. The van der Waals surface area contributed by atoms with Gasteiger partial charge in [-0.2, -0.15) is 0 Å². The van der Waals surface area contributed by atoms with E-state index < -0.39 is 9.84 Å². The number of hydrogen-bond acceptors (Lipinski definition) is 6. The minimum Gasteiger partial charge on any atom is -0.379 e. The molecule has 0 aromatic rings. The van der Waals surface area contributed by atoms with Crippen LogP contribution in [0.2, 0.25) is 0 Å². The molecule has 2 aliphatic rings. The molecular weight excluding hydrogens is 366 g/mol. The molecule has 2 N–H and O–H groups in total. The molecule has 2 heterocycles. The number of nitrogens with zero attached hydrogens (tertiary/aromatic N) is 3. The summed E-state index contributed by atoms with van der Waals surface area (Å²) in [6.45, 7) is 14.5. The van der Waals surface area contributed by atoms with Gasteiger partial charge in [-0.3, -0.25) is 14.8 Å². The third-order valence-electron chi connectivity index (χ3n) is 5.22. The van der Waals surface area contributed by atoms with Crippen molar-refractivity contribution < 1.29 is 13.2 Å². The maximum absolute atomic E-state index is 11.5. The van der Waals surface area contributed by atoms with Crippen LogP contribution in [0.3, 0.4) is 0 Å². The highest BCUT2D eigenvalue weighted by Crippen LogP contribution is 2.13. The Morgan fingerprint density at radius 3 is 2.37 bits per heavy atom. The number of nitrogens with one attached hydrogen (secondary N) is 2. The summed E-state index contributed by atoms with van der Waals surface area (Å²) in [5.41, 5.74) is 0. The van der Waals surface area contributed by atoms with Gasteiger partial charge in [0.1, 0.15) is 0 Å². The van der Waals surface area contributed by atoms with E-state index >= 15 is 0 Å². The average molecular weight is 404 g/mol. The minimum atomic E-state index is -2.81. The van der Waals surface area contributed by atoms with Crippen molar-refractivity contribution in [2.75, 3.05) is 77.1 Å². The lowest BCUT2D eigenvalue weighted by molar-refractivity contribution is 0.00867. The molecule has 0 bridgehead atoms. The summed E-state index contributed by atoms with van der Waals surface area (Å²) in [7, 11) is -2.81. The summed E-state index contributed by atoms with van der Waals surface area (Å²) in [4.78, 5) is 9.49. The molecule has 0 saturated carbocycles. The second-order valence-corrected chi connectivity index (χ2v) is 9.90. The summed E-state index contributed by atoms with van der Waals surface area (Å²) >= 11 is 0. The van der Waals surface area contributed by atoms with Gasteiger partial charge in [0.05, 0.1) is 31.3 Å². The Morgan fingerprint density at radius 2 is 1.78 bits per heavy atom. The molecule has 8 nitrogen and oxygen atoms in total. The molecule has 2 rings (SSSR count). The van der Waals surface area contributed by atoms with Crippen molar-refractivity contribution in [1.29, 1.82) is 0 Å². The summed E-state index contributed by atoms with van der Waals surface area (Å²) < 4.78 is 28.5. The van der Waals surface area contributed by atoms with E-state index in [4.69, 9.17) is 9.73 Å². The van der Waals surface area contributed by atoms with Crippen molar-refractivity contribution in [1.82, 2.24) is 20.4 Å². The molecule has 1 unspecified atom stereocenters. The Bertz CT molecular complexity index is 547. The van der Waals surface area contributed by atoms with Gasteiger partial charge in [-0.1, -0.05) is 13.8 Å². The summed E-state index contributed by atoms with van der Waals surface area (Å²) in [6.07, 6.45) is 0. The van der Waals surface area contributed by atoms with Gasteiger partial charge in [0.2, 0.25) is 0 Å². The van der Waals surface area contributed by atoms with Crippen molar-refractivity contribution >= 4 is 15.8 Å². The van der Waals surface area contributed by atoms with Gasteiger partial charge in [-0.15, -0.1) is 0 Å². The SMILES string of the molecule is CCNC(=NCC(C(C)C)N1CCOCC1)NCCN1CCS(=O)(=O)CC1. The quantitative estimate of drug-likeness (QED) is 0.422. The third kappa shape index (κ3) is 7.93. The summed E-state index contributed by atoms with van der Waals surface area (Å²) in [5.74, 6) is 1.92. The van der Waals surface area contributed by atoms with Gasteiger partial charge in [-0.05, 0) is 12.8 Å². The Kier molecular flexibility index (Phi) is 9.28. The van der Waals surface area contributed by atoms with E-state index in [-0.39, 0.29) is 11.5 Å². The second-order valence-electron chi connectivity index (χ2n) is 7.60. The van der Waals surface area contributed by atoms with Crippen LogP contribution in [0.1, 0.15) is 20.8 Å². The highest BCUT2D eigenvalue weighted by atomic mass is 32.2. The molecule has 0 spiro atoms. The van der Waals surface area contributed by atoms with Crippen molar-refractivity contribution in [3.05, 3.63) is 0 Å². The van der Waals surface area contributed by atoms with E-state index in [0.717, 1.165) is 58.4 Å². The van der Waals surface area contributed by atoms with E-state index in [0.29, 0.717) is 25.0 Å². The minimum absolute atomic E-state index is 0.275. The monoisotopic (exact) mass is 403 g/mol. The molecule has 2 aliphatic heterocycles. The maximum Gasteiger partial charge on any atom is 0.191 e. The molecule has 0 aliphatic carbocycles. The van der Waals surface area contributed by atoms with Crippen LogP contribution < -0.4 is 10.6 Å². The smallest absolute Gasteiger partial charge is 0.191 e. The fourth-order valence-electron chi connectivity index (χ4n) is 3.49. The summed E-state index contributed by atoms with van der Waals surface area (Å²) in [6, 6.07) is 0.414. The number of aliphatic imine (C=N–C) groups is 1. The first kappa shape index (κ1) is 22.4. The number of guanidine groups is 1. The van der Waals surface area contributed by atoms with E-state index in [1.807, 2.05) is 0 Å². The molecule has 0 amide bonds. The van der Waals surface area contributed by atoms with Crippen LogP contribution in [0.5, 0.6) is 0 Å². The lowest BCUT2D eigenvalue weighted by Gasteiger charge is -2.36. The Hall–Kier alpha value is -0.900. The molecular formula is C18H37N5O3S. The lowest BCUT2D eigenvalue weighted by Crippen LogP contribution is -2.49. The first-order chi connectivity index (χ1) is 12.9. The normalized spacial score (nSPS) is 23.3. The first-order valence-corrected chi connectivity index (χ1v) is 12.0. The van der Waals surface area contributed by atoms with Gasteiger partial charge >= 0.3 is 0 Å². The zero-order valence-corrected chi connectivity index (χ0v) is 17.9. The molecule has 1 atom stereocenters. The molecule has 0 aromatic heterocycles. The standard InChI is InChI=1S/C18H37N5O3S/c1-4-19-18(20-5-6-22-9-13-27(24,25)14-10-22)21-15-17(16(2)3)23-7-11-26-12-8-23/h16-17H,4-15H2,1-3H3,(H2,19,20,21). The topological polar surface area (TPSA) is 86.3 Å². The number of rotatable bonds is 8. The number of morpholine rings is 1. The van der Waals surface area contributed by atoms with Gasteiger partial charge in [0, 0.05) is 51.9 Å². The fourth-order valence-corrected chi connectivity index (χ4v) is 4.77. The van der Waals surface area contributed by atoms with Gasteiger partial charge in [0.15, 0.2) is 15.8 Å². The lowest BCUT2D eigenvalue weighted by atomic mass is 10.0. The van der Waals surface area contributed by atoms with Crippen molar-refractivity contribution in [2.24, 2.45) is 10.9 Å². The molecule has 2 fully saturated rings. The summed E-state index contributed by atoms with van der Waals surface area (Å²) in [5, 5.41) is 6.70. The molecule has 0 radical (unpaired) electrons. The zero-order valence-electron chi connectivity index (χ0n) is 17.1. The number of ether oxygens (including phenoxy) is 1. The van der Waals surface area contributed by atoms with Gasteiger partial charge in [0.25, 0.3) is 0 Å². The molecule has 2 saturated heterocycles. The zero-order chi connectivity index (χ0) is 19.7. The van der Waals surface area contributed by atoms with Crippen LogP contribution in [0.15, 0.2) is 4.99 Å². The number of hydrogen-bond donors (Lipinski definition) is 2.